The zero-order valence-electron chi connectivity index (χ0n) is 15.7. The van der Waals surface area contributed by atoms with Crippen molar-refractivity contribution < 1.29 is 0 Å². The fraction of sp³-hybridized carbons (Fsp3) is 0.667. The summed E-state index contributed by atoms with van der Waals surface area (Å²) in [5.41, 5.74) is 2.06. The smallest absolute Gasteiger partial charge is 0.0991 e. The molecule has 4 nitrogen and oxygen atoms in total. The molecule has 1 atom stereocenters. The highest BCUT2D eigenvalue weighted by Gasteiger charge is 2.21. The Hall–Kier alpha value is -1.41. The molecule has 2 aliphatic rings. The lowest BCUT2D eigenvalue weighted by Crippen LogP contribution is -2.39. The van der Waals surface area contributed by atoms with Gasteiger partial charge in [-0.2, -0.15) is 5.26 Å². The number of hydrogen-bond acceptors (Lipinski definition) is 4. The van der Waals surface area contributed by atoms with Crippen molar-refractivity contribution in [2.75, 3.05) is 46.3 Å². The first-order valence-electron chi connectivity index (χ1n) is 9.88. The number of benzene rings is 1. The molecule has 0 aliphatic carbocycles. The van der Waals surface area contributed by atoms with Gasteiger partial charge in [0.1, 0.15) is 0 Å². The molecule has 136 valence electrons. The summed E-state index contributed by atoms with van der Waals surface area (Å²) < 4.78 is 0. The molecular weight excluding hydrogens is 308 g/mol. The average molecular weight is 341 g/mol. The molecule has 2 fully saturated rings. The summed E-state index contributed by atoms with van der Waals surface area (Å²) in [6, 6.07) is 11.0. The minimum Gasteiger partial charge on any atom is -0.303 e. The molecule has 4 heteroatoms. The van der Waals surface area contributed by atoms with Gasteiger partial charge in [-0.3, -0.25) is 4.90 Å². The highest BCUT2D eigenvalue weighted by atomic mass is 15.2. The van der Waals surface area contributed by atoms with Crippen LogP contribution in [-0.2, 0) is 6.54 Å². The average Bonchev–Trinajstić information content (AvgIpc) is 2.87. The van der Waals surface area contributed by atoms with Gasteiger partial charge >= 0.3 is 0 Å². The van der Waals surface area contributed by atoms with Crippen LogP contribution in [0, 0.1) is 11.3 Å². The third-order valence-corrected chi connectivity index (χ3v) is 5.87. The Morgan fingerprint density at radius 1 is 0.960 bits per heavy atom. The van der Waals surface area contributed by atoms with Gasteiger partial charge in [0.2, 0.25) is 0 Å². The summed E-state index contributed by atoms with van der Waals surface area (Å²) in [7, 11) is 2.30. The summed E-state index contributed by atoms with van der Waals surface area (Å²) in [5, 5.41) is 8.91. The van der Waals surface area contributed by atoms with Crippen LogP contribution in [0.25, 0.3) is 0 Å². The third-order valence-electron chi connectivity index (χ3n) is 5.87. The lowest BCUT2D eigenvalue weighted by Gasteiger charge is -2.34. The highest BCUT2D eigenvalue weighted by molar-refractivity contribution is 5.31. The van der Waals surface area contributed by atoms with Crippen LogP contribution in [0.3, 0.4) is 0 Å². The molecule has 2 heterocycles. The fourth-order valence-electron chi connectivity index (χ4n) is 4.19. The summed E-state index contributed by atoms with van der Waals surface area (Å²) in [6.07, 6.45) is 6.76. The van der Waals surface area contributed by atoms with Crippen molar-refractivity contribution in [1.29, 1.82) is 5.26 Å². The first kappa shape index (κ1) is 18.4. The Bertz CT molecular complexity index is 562. The van der Waals surface area contributed by atoms with E-state index in [1.165, 1.54) is 70.4 Å². The predicted octanol–water partition coefficient (Wildman–Crippen LogP) is 2.94. The molecule has 0 amide bonds. The van der Waals surface area contributed by atoms with E-state index in [2.05, 4.69) is 39.9 Å². The largest absolute Gasteiger partial charge is 0.303 e. The molecule has 1 aromatic carbocycles. The van der Waals surface area contributed by atoms with Gasteiger partial charge < -0.3 is 9.80 Å². The van der Waals surface area contributed by atoms with E-state index in [4.69, 9.17) is 5.26 Å². The maximum atomic E-state index is 8.91. The molecule has 3 rings (SSSR count). The minimum absolute atomic E-state index is 0.749. The lowest BCUT2D eigenvalue weighted by molar-refractivity contribution is 0.154. The number of nitriles is 1. The first-order valence-corrected chi connectivity index (χ1v) is 9.88. The van der Waals surface area contributed by atoms with Crippen LogP contribution >= 0.6 is 0 Å². The maximum Gasteiger partial charge on any atom is 0.0991 e. The second-order valence-corrected chi connectivity index (χ2v) is 7.70. The SMILES string of the molecule is CN1CCCC[C@H]1CCN1CCCN(Cc2ccc(C#N)cc2)CC1. The van der Waals surface area contributed by atoms with E-state index < -0.39 is 0 Å². The first-order chi connectivity index (χ1) is 12.2. The van der Waals surface area contributed by atoms with Crippen molar-refractivity contribution in [2.24, 2.45) is 0 Å². The van der Waals surface area contributed by atoms with E-state index in [-0.39, 0.29) is 0 Å². The van der Waals surface area contributed by atoms with Gasteiger partial charge in [0.05, 0.1) is 11.6 Å². The molecule has 2 saturated heterocycles. The molecule has 0 unspecified atom stereocenters. The third kappa shape index (κ3) is 5.54. The Balaban J connectivity index is 1.43. The van der Waals surface area contributed by atoms with Crippen LogP contribution in [-0.4, -0.2) is 67.1 Å². The Kier molecular flexibility index (Phi) is 6.86. The van der Waals surface area contributed by atoms with Gasteiger partial charge in [0, 0.05) is 25.7 Å². The summed E-state index contributed by atoms with van der Waals surface area (Å²) in [6.45, 7) is 8.29. The number of rotatable bonds is 5. The van der Waals surface area contributed by atoms with Crippen LogP contribution in [0.5, 0.6) is 0 Å². The van der Waals surface area contributed by atoms with Gasteiger partial charge in [-0.25, -0.2) is 0 Å². The summed E-state index contributed by atoms with van der Waals surface area (Å²) in [4.78, 5) is 7.80. The predicted molar refractivity (Wildman–Crippen MR) is 102 cm³/mol. The number of likely N-dealkylation sites (tertiary alicyclic amines) is 1. The Labute approximate surface area is 153 Å². The van der Waals surface area contributed by atoms with E-state index >= 15 is 0 Å². The molecule has 25 heavy (non-hydrogen) atoms. The normalized spacial score (nSPS) is 23.9. The van der Waals surface area contributed by atoms with Crippen molar-refractivity contribution >= 4 is 0 Å². The van der Waals surface area contributed by atoms with Crippen molar-refractivity contribution in [1.82, 2.24) is 14.7 Å². The van der Waals surface area contributed by atoms with E-state index in [0.717, 1.165) is 24.7 Å². The topological polar surface area (TPSA) is 33.5 Å². The monoisotopic (exact) mass is 340 g/mol. The summed E-state index contributed by atoms with van der Waals surface area (Å²) in [5.74, 6) is 0. The molecule has 0 aromatic heterocycles. The quantitative estimate of drug-likeness (QED) is 0.825. The molecule has 0 bridgehead atoms. The van der Waals surface area contributed by atoms with Gasteiger partial charge in [-0.05, 0) is 76.6 Å². The molecule has 0 spiro atoms. The lowest BCUT2D eigenvalue weighted by atomic mass is 10.00. The van der Waals surface area contributed by atoms with Crippen molar-refractivity contribution in [2.45, 2.75) is 44.7 Å². The zero-order valence-corrected chi connectivity index (χ0v) is 15.7. The van der Waals surface area contributed by atoms with Gasteiger partial charge in [0.25, 0.3) is 0 Å². The van der Waals surface area contributed by atoms with E-state index in [9.17, 15) is 0 Å². The van der Waals surface area contributed by atoms with Crippen LogP contribution in [0.15, 0.2) is 24.3 Å². The fourth-order valence-corrected chi connectivity index (χ4v) is 4.19. The molecule has 2 aliphatic heterocycles. The number of piperidine rings is 1. The van der Waals surface area contributed by atoms with E-state index in [0.29, 0.717) is 0 Å². The van der Waals surface area contributed by atoms with Gasteiger partial charge in [-0.1, -0.05) is 18.6 Å². The van der Waals surface area contributed by atoms with Gasteiger partial charge in [0.15, 0.2) is 0 Å². The maximum absolute atomic E-state index is 8.91. The Morgan fingerprint density at radius 3 is 2.48 bits per heavy atom. The second-order valence-electron chi connectivity index (χ2n) is 7.70. The standard InChI is InChI=1S/C21H32N4/c1-23-11-3-2-5-21(23)10-14-24-12-4-13-25(16-15-24)18-20-8-6-19(17-22)7-9-20/h6-9,21H,2-5,10-16,18H2,1H3/t21-/m0/s1. The van der Waals surface area contributed by atoms with Crippen molar-refractivity contribution in [3.63, 3.8) is 0 Å². The molecule has 0 saturated carbocycles. The molecule has 0 N–H and O–H groups in total. The number of hydrogen-bond donors (Lipinski definition) is 0. The van der Waals surface area contributed by atoms with E-state index in [1.54, 1.807) is 0 Å². The van der Waals surface area contributed by atoms with Crippen LogP contribution in [0.4, 0.5) is 0 Å². The molecule has 0 radical (unpaired) electrons. The van der Waals surface area contributed by atoms with Gasteiger partial charge in [-0.15, -0.1) is 0 Å². The van der Waals surface area contributed by atoms with Crippen molar-refractivity contribution in [3.05, 3.63) is 35.4 Å². The molecular formula is C21H32N4. The summed E-state index contributed by atoms with van der Waals surface area (Å²) >= 11 is 0. The van der Waals surface area contributed by atoms with Crippen LogP contribution in [0.2, 0.25) is 0 Å². The minimum atomic E-state index is 0.749. The highest BCUT2D eigenvalue weighted by Crippen LogP contribution is 2.18. The Morgan fingerprint density at radius 2 is 1.72 bits per heavy atom. The zero-order chi connectivity index (χ0) is 17.5. The molecule has 1 aromatic rings. The van der Waals surface area contributed by atoms with E-state index in [1.807, 2.05) is 12.1 Å². The van der Waals surface area contributed by atoms with Crippen LogP contribution < -0.4 is 0 Å². The van der Waals surface area contributed by atoms with Crippen molar-refractivity contribution in [3.8, 4) is 6.07 Å². The second kappa shape index (κ2) is 9.33. The van der Waals surface area contributed by atoms with Crippen LogP contribution in [0.1, 0.15) is 43.2 Å². The number of nitrogens with zero attached hydrogens (tertiary/aromatic N) is 4.